The molecule has 1 aromatic heterocycles. The minimum Gasteiger partial charge on any atom is -0.485 e. The fraction of sp³-hybridized carbons (Fsp3) is 0.0426. The number of hydrogen-bond donors (Lipinski definition) is 0. The van der Waals surface area contributed by atoms with E-state index in [2.05, 4.69) is 140 Å². The molecule has 2 heterocycles. The van der Waals surface area contributed by atoms with E-state index in [4.69, 9.17) is 19.7 Å². The Kier molecular flexibility index (Phi) is 6.91. The molecule has 0 spiro atoms. The number of fused-ring (bicyclic) bond motifs is 5. The molecular weight excluding hydrogens is 623 g/mol. The minimum absolute atomic E-state index is 0.0201. The molecule has 2 unspecified atom stereocenters. The number of benzene rings is 7. The molecule has 1 aliphatic heterocycles. The summed E-state index contributed by atoms with van der Waals surface area (Å²) < 4.78 is 6.29. The molecule has 7 aromatic carbocycles. The predicted octanol–water partition coefficient (Wildman–Crippen LogP) is 11.3. The Bertz CT molecular complexity index is 2670. The molecule has 0 radical (unpaired) electrons. The maximum Gasteiger partial charge on any atom is 0.164 e. The van der Waals surface area contributed by atoms with Crippen LogP contribution in [0.15, 0.2) is 176 Å². The highest BCUT2D eigenvalue weighted by atomic mass is 16.5. The Morgan fingerprint density at radius 2 is 1.06 bits per heavy atom. The normalized spacial score (nSPS) is 16.0. The second kappa shape index (κ2) is 12.0. The summed E-state index contributed by atoms with van der Waals surface area (Å²) in [5, 5.41) is 4.76. The van der Waals surface area contributed by atoms with Gasteiger partial charge in [0.05, 0.1) is 5.92 Å². The standard InChI is InChI=1S/C47H31N3O/c1-2-11-32(12-3-1)45-48-46(33-22-20-31(21-23-33)39-16-8-13-30-10-4-5-14-38(30)39)50-47(49-45)37-27-25-34-28-36(26-24-35(34)29-37)40-17-9-19-43-44(40)41-15-6-7-18-42(41)51-43/h1-29,43-44H. The molecule has 0 saturated heterocycles. The molecule has 8 aromatic rings. The highest BCUT2D eigenvalue weighted by Gasteiger charge is 2.36. The van der Waals surface area contributed by atoms with Gasteiger partial charge in [-0.25, -0.2) is 15.0 Å². The van der Waals surface area contributed by atoms with Crippen molar-refractivity contribution in [2.45, 2.75) is 12.0 Å². The summed E-state index contributed by atoms with van der Waals surface area (Å²) in [5.41, 5.74) is 8.93. The zero-order chi connectivity index (χ0) is 33.7. The van der Waals surface area contributed by atoms with Gasteiger partial charge >= 0.3 is 0 Å². The fourth-order valence-electron chi connectivity index (χ4n) is 7.57. The maximum atomic E-state index is 6.29. The van der Waals surface area contributed by atoms with Gasteiger partial charge in [0, 0.05) is 22.3 Å². The Labute approximate surface area is 296 Å². The average Bonchev–Trinajstić information content (AvgIpc) is 3.60. The molecule has 0 N–H and O–H groups in total. The van der Waals surface area contributed by atoms with Crippen LogP contribution >= 0.6 is 0 Å². The van der Waals surface area contributed by atoms with Gasteiger partial charge in [0.2, 0.25) is 0 Å². The molecule has 1 aliphatic carbocycles. The summed E-state index contributed by atoms with van der Waals surface area (Å²) in [6.07, 6.45) is 6.53. The highest BCUT2D eigenvalue weighted by Crippen LogP contribution is 2.48. The first-order chi connectivity index (χ1) is 25.2. The molecule has 0 saturated carbocycles. The van der Waals surface area contributed by atoms with Crippen LogP contribution in [-0.4, -0.2) is 21.1 Å². The third-order valence-electron chi connectivity index (χ3n) is 10.1. The van der Waals surface area contributed by atoms with Gasteiger partial charge in [-0.05, 0) is 68.1 Å². The van der Waals surface area contributed by atoms with Crippen molar-refractivity contribution in [3.8, 4) is 51.0 Å². The van der Waals surface area contributed by atoms with Gasteiger partial charge < -0.3 is 4.74 Å². The van der Waals surface area contributed by atoms with Crippen LogP contribution < -0.4 is 4.74 Å². The van der Waals surface area contributed by atoms with Crippen molar-refractivity contribution in [3.63, 3.8) is 0 Å². The van der Waals surface area contributed by atoms with E-state index in [9.17, 15) is 0 Å². The van der Waals surface area contributed by atoms with Crippen molar-refractivity contribution < 1.29 is 4.74 Å². The highest BCUT2D eigenvalue weighted by molar-refractivity contribution is 5.97. The summed E-state index contributed by atoms with van der Waals surface area (Å²) in [4.78, 5) is 15.0. The predicted molar refractivity (Wildman–Crippen MR) is 207 cm³/mol. The SMILES string of the molecule is C1=CC2Oc3ccccc3C2C(c2ccc3cc(-c4nc(-c5ccccc5)nc(-c5ccc(-c6cccc7ccccc67)cc5)n4)ccc3c2)=C1. The third kappa shape index (κ3) is 5.20. The molecule has 4 nitrogen and oxygen atoms in total. The maximum absolute atomic E-state index is 6.29. The summed E-state index contributed by atoms with van der Waals surface area (Å²) in [5.74, 6) is 3.09. The number of allylic oxidation sites excluding steroid dienone is 2. The van der Waals surface area contributed by atoms with Crippen LogP contribution in [0.3, 0.4) is 0 Å². The van der Waals surface area contributed by atoms with Gasteiger partial charge in [-0.2, -0.15) is 0 Å². The van der Waals surface area contributed by atoms with E-state index in [1.165, 1.54) is 33.0 Å². The van der Waals surface area contributed by atoms with E-state index in [1.54, 1.807) is 0 Å². The number of aromatic nitrogens is 3. The molecule has 2 aliphatic rings. The van der Waals surface area contributed by atoms with E-state index >= 15 is 0 Å². The van der Waals surface area contributed by atoms with Crippen LogP contribution in [0, 0.1) is 0 Å². The van der Waals surface area contributed by atoms with E-state index in [1.807, 2.05) is 36.4 Å². The zero-order valence-electron chi connectivity index (χ0n) is 27.6. The number of para-hydroxylation sites is 1. The van der Waals surface area contributed by atoms with Crippen molar-refractivity contribution in [2.75, 3.05) is 0 Å². The van der Waals surface area contributed by atoms with Crippen LogP contribution in [-0.2, 0) is 0 Å². The smallest absolute Gasteiger partial charge is 0.164 e. The molecule has 0 amide bonds. The Morgan fingerprint density at radius 1 is 0.451 bits per heavy atom. The third-order valence-corrected chi connectivity index (χ3v) is 10.1. The topological polar surface area (TPSA) is 47.9 Å². The number of rotatable bonds is 5. The van der Waals surface area contributed by atoms with Crippen LogP contribution in [0.4, 0.5) is 0 Å². The lowest BCUT2D eigenvalue weighted by Crippen LogP contribution is -2.19. The number of nitrogens with zero attached hydrogens (tertiary/aromatic N) is 3. The number of ether oxygens (including phenoxy) is 1. The average molecular weight is 654 g/mol. The summed E-state index contributed by atoms with van der Waals surface area (Å²) >= 11 is 0. The van der Waals surface area contributed by atoms with Gasteiger partial charge in [-0.15, -0.1) is 0 Å². The summed E-state index contributed by atoms with van der Waals surface area (Å²) in [6.45, 7) is 0. The Hall–Kier alpha value is -6.65. The van der Waals surface area contributed by atoms with Gasteiger partial charge in [0.15, 0.2) is 17.5 Å². The Morgan fingerprint density at radius 3 is 1.88 bits per heavy atom. The van der Waals surface area contributed by atoms with Gasteiger partial charge in [0.25, 0.3) is 0 Å². The van der Waals surface area contributed by atoms with Crippen LogP contribution in [0.25, 0.3) is 72.4 Å². The van der Waals surface area contributed by atoms with Crippen molar-refractivity contribution in [1.29, 1.82) is 0 Å². The first kappa shape index (κ1) is 29.3. The lowest BCUT2D eigenvalue weighted by molar-refractivity contribution is 0.271. The molecule has 0 fully saturated rings. The van der Waals surface area contributed by atoms with Gasteiger partial charge in [0.1, 0.15) is 11.9 Å². The number of hydrogen-bond acceptors (Lipinski definition) is 4. The molecule has 10 rings (SSSR count). The molecule has 4 heteroatoms. The van der Waals surface area contributed by atoms with Crippen LogP contribution in [0.2, 0.25) is 0 Å². The fourth-order valence-corrected chi connectivity index (χ4v) is 7.57. The second-order valence-corrected chi connectivity index (χ2v) is 13.2. The first-order valence-electron chi connectivity index (χ1n) is 17.3. The van der Waals surface area contributed by atoms with E-state index in [0.717, 1.165) is 38.8 Å². The van der Waals surface area contributed by atoms with Crippen molar-refractivity contribution in [3.05, 3.63) is 187 Å². The molecule has 51 heavy (non-hydrogen) atoms. The lowest BCUT2D eigenvalue weighted by atomic mass is 9.81. The lowest BCUT2D eigenvalue weighted by Gasteiger charge is -2.23. The largest absolute Gasteiger partial charge is 0.485 e. The van der Waals surface area contributed by atoms with Crippen LogP contribution in [0.1, 0.15) is 17.0 Å². The van der Waals surface area contributed by atoms with Crippen LogP contribution in [0.5, 0.6) is 5.75 Å². The monoisotopic (exact) mass is 653 g/mol. The van der Waals surface area contributed by atoms with Crippen molar-refractivity contribution in [1.82, 2.24) is 15.0 Å². The van der Waals surface area contributed by atoms with Gasteiger partial charge in [-0.3, -0.25) is 0 Å². The van der Waals surface area contributed by atoms with E-state index in [0.29, 0.717) is 17.5 Å². The second-order valence-electron chi connectivity index (χ2n) is 13.2. The van der Waals surface area contributed by atoms with Crippen molar-refractivity contribution >= 4 is 27.1 Å². The molecular formula is C47H31N3O. The zero-order valence-corrected chi connectivity index (χ0v) is 27.6. The van der Waals surface area contributed by atoms with E-state index < -0.39 is 0 Å². The summed E-state index contributed by atoms with van der Waals surface area (Å²) in [7, 11) is 0. The molecule has 240 valence electrons. The quantitative estimate of drug-likeness (QED) is 0.185. The van der Waals surface area contributed by atoms with Gasteiger partial charge in [-0.1, -0.05) is 152 Å². The van der Waals surface area contributed by atoms with Crippen molar-refractivity contribution in [2.24, 2.45) is 0 Å². The molecule has 2 atom stereocenters. The Balaban J connectivity index is 1.02. The first-order valence-corrected chi connectivity index (χ1v) is 17.3. The molecule has 0 bridgehead atoms. The summed E-state index contributed by atoms with van der Waals surface area (Å²) in [6, 6.07) is 55.2. The minimum atomic E-state index is 0.0201. The van der Waals surface area contributed by atoms with E-state index in [-0.39, 0.29) is 12.0 Å².